The van der Waals surface area contributed by atoms with Crippen LogP contribution >= 0.6 is 0 Å². The van der Waals surface area contributed by atoms with E-state index >= 15 is 0 Å². The minimum atomic E-state index is 0.361. The Labute approximate surface area is 167 Å². The molecule has 0 aliphatic heterocycles. The third kappa shape index (κ3) is 4.51. The van der Waals surface area contributed by atoms with E-state index in [1.165, 1.54) is 12.8 Å². The number of carbonyl (C=O) groups excluding carboxylic acids is 1. The van der Waals surface area contributed by atoms with E-state index in [9.17, 15) is 10.0 Å². The first kappa shape index (κ1) is 20.3. The van der Waals surface area contributed by atoms with Crippen molar-refractivity contribution in [2.75, 3.05) is 0 Å². The predicted octanol–water partition coefficient (Wildman–Crippen LogP) is 5.10. The standard InChI is InChI=1S/C23H31N3O2/c1-3-5-6-7-12-18(27)13-10-16-25-22(11-4-2)24-20-17-26(28)21-15-9-8-14-19(21)23(20)25/h8-9,14-15,17H,3-7,10-13,16H2,1-2H3. The van der Waals surface area contributed by atoms with Crippen LogP contribution in [0.5, 0.6) is 0 Å². The number of hydrogen-bond donors (Lipinski definition) is 0. The van der Waals surface area contributed by atoms with Crippen molar-refractivity contribution in [3.05, 3.63) is 41.5 Å². The first-order valence-corrected chi connectivity index (χ1v) is 10.7. The SMILES string of the molecule is CCCCCCC(=O)CCCn1c(CCC)nc2c[n+]([O-])c3ccccc3c21. The molecule has 5 nitrogen and oxygen atoms in total. The lowest BCUT2D eigenvalue weighted by Crippen LogP contribution is -2.26. The van der Waals surface area contributed by atoms with E-state index < -0.39 is 0 Å². The molecule has 0 fully saturated rings. The number of unbranched alkanes of at least 4 members (excludes halogenated alkanes) is 3. The van der Waals surface area contributed by atoms with Crippen molar-refractivity contribution in [3.63, 3.8) is 0 Å². The summed E-state index contributed by atoms with van der Waals surface area (Å²) in [5.41, 5.74) is 2.41. The zero-order valence-electron chi connectivity index (χ0n) is 17.1. The molecule has 2 aromatic heterocycles. The highest BCUT2D eigenvalue weighted by Gasteiger charge is 2.18. The molecule has 0 amide bonds. The number of carbonyl (C=O) groups is 1. The topological polar surface area (TPSA) is 61.8 Å². The number of benzene rings is 1. The third-order valence-corrected chi connectivity index (χ3v) is 5.33. The van der Waals surface area contributed by atoms with Gasteiger partial charge in [0.15, 0.2) is 5.52 Å². The van der Waals surface area contributed by atoms with Gasteiger partial charge in [-0.05, 0) is 25.3 Å². The van der Waals surface area contributed by atoms with Gasteiger partial charge >= 0.3 is 0 Å². The molecule has 0 spiro atoms. The number of rotatable bonds is 11. The molecule has 28 heavy (non-hydrogen) atoms. The number of nitrogens with zero attached hydrogens (tertiary/aromatic N) is 3. The van der Waals surface area contributed by atoms with Crippen molar-refractivity contribution in [3.8, 4) is 0 Å². The first-order chi connectivity index (χ1) is 13.7. The minimum absolute atomic E-state index is 0.361. The molecule has 0 atom stereocenters. The van der Waals surface area contributed by atoms with Gasteiger partial charge in [-0.25, -0.2) is 4.98 Å². The van der Waals surface area contributed by atoms with Crippen LogP contribution in [0.2, 0.25) is 0 Å². The summed E-state index contributed by atoms with van der Waals surface area (Å²) in [5, 5.41) is 13.3. The van der Waals surface area contributed by atoms with Crippen molar-refractivity contribution in [2.24, 2.45) is 0 Å². The molecule has 1 aromatic carbocycles. The third-order valence-electron chi connectivity index (χ3n) is 5.33. The van der Waals surface area contributed by atoms with Gasteiger partial charge < -0.3 is 9.77 Å². The summed E-state index contributed by atoms with van der Waals surface area (Å²) in [6.45, 7) is 5.08. The van der Waals surface area contributed by atoms with E-state index in [2.05, 4.69) is 18.4 Å². The number of pyridine rings is 1. The molecule has 0 unspecified atom stereocenters. The summed E-state index contributed by atoms with van der Waals surface area (Å²) in [4.78, 5) is 16.9. The van der Waals surface area contributed by atoms with Crippen molar-refractivity contribution >= 4 is 27.7 Å². The monoisotopic (exact) mass is 381 g/mol. The fourth-order valence-electron chi connectivity index (χ4n) is 3.90. The molecule has 3 aromatic rings. The van der Waals surface area contributed by atoms with Crippen LogP contribution in [0.1, 0.15) is 71.0 Å². The maximum atomic E-state index is 12.3. The Balaban J connectivity index is 1.80. The van der Waals surface area contributed by atoms with Crippen LogP contribution in [-0.4, -0.2) is 15.3 Å². The zero-order chi connectivity index (χ0) is 19.9. The summed E-state index contributed by atoms with van der Waals surface area (Å²) in [6.07, 6.45) is 10.1. The van der Waals surface area contributed by atoms with Crippen molar-refractivity contribution < 1.29 is 9.52 Å². The van der Waals surface area contributed by atoms with Gasteiger partial charge in [0.2, 0.25) is 11.7 Å². The number of para-hydroxylation sites is 1. The van der Waals surface area contributed by atoms with Gasteiger partial charge in [0.25, 0.3) is 0 Å². The van der Waals surface area contributed by atoms with Crippen molar-refractivity contribution in [1.29, 1.82) is 0 Å². The average Bonchev–Trinajstić information content (AvgIpc) is 3.03. The molecule has 0 aliphatic rings. The lowest BCUT2D eigenvalue weighted by molar-refractivity contribution is -0.575. The van der Waals surface area contributed by atoms with Crippen LogP contribution in [0, 0.1) is 5.21 Å². The number of ketones is 1. The summed E-state index contributed by atoms with van der Waals surface area (Å²) >= 11 is 0. The smallest absolute Gasteiger partial charge is 0.226 e. The highest BCUT2D eigenvalue weighted by Crippen LogP contribution is 2.25. The molecular weight excluding hydrogens is 350 g/mol. The number of aryl methyl sites for hydroxylation is 2. The van der Waals surface area contributed by atoms with Crippen molar-refractivity contribution in [1.82, 2.24) is 9.55 Å². The van der Waals surface area contributed by atoms with Crippen LogP contribution in [0.15, 0.2) is 30.5 Å². The first-order valence-electron chi connectivity index (χ1n) is 10.7. The summed E-state index contributed by atoms with van der Waals surface area (Å²) < 4.78 is 3.14. The van der Waals surface area contributed by atoms with Gasteiger partial charge in [0.1, 0.15) is 11.6 Å². The predicted molar refractivity (Wildman–Crippen MR) is 113 cm³/mol. The molecule has 0 bridgehead atoms. The number of Topliss-reactive ketones (excluding diaryl/α,β-unsaturated/α-hetero) is 1. The van der Waals surface area contributed by atoms with Crippen LogP contribution in [0.25, 0.3) is 21.9 Å². The Morgan fingerprint density at radius 2 is 1.86 bits per heavy atom. The van der Waals surface area contributed by atoms with Crippen LogP contribution < -0.4 is 4.73 Å². The lowest BCUT2D eigenvalue weighted by Gasteiger charge is -2.10. The lowest BCUT2D eigenvalue weighted by atomic mass is 10.1. The molecule has 0 saturated heterocycles. The molecule has 0 saturated carbocycles. The van der Waals surface area contributed by atoms with E-state index in [0.717, 1.165) is 65.6 Å². The van der Waals surface area contributed by atoms with Gasteiger partial charge in [-0.15, -0.1) is 0 Å². The molecule has 5 heteroatoms. The molecule has 0 aliphatic carbocycles. The maximum absolute atomic E-state index is 12.3. The largest absolute Gasteiger partial charge is 0.618 e. The molecule has 2 heterocycles. The number of hydrogen-bond acceptors (Lipinski definition) is 3. The molecule has 0 N–H and O–H groups in total. The highest BCUT2D eigenvalue weighted by atomic mass is 16.5. The fraction of sp³-hybridized carbons (Fsp3) is 0.522. The van der Waals surface area contributed by atoms with Gasteiger partial charge in [-0.3, -0.25) is 4.79 Å². The van der Waals surface area contributed by atoms with E-state index in [0.29, 0.717) is 24.1 Å². The minimum Gasteiger partial charge on any atom is -0.618 e. The zero-order valence-corrected chi connectivity index (χ0v) is 17.1. The Morgan fingerprint density at radius 3 is 2.64 bits per heavy atom. The van der Waals surface area contributed by atoms with E-state index in [1.54, 1.807) is 6.20 Å². The molecular formula is C23H31N3O2. The second-order valence-electron chi connectivity index (χ2n) is 7.59. The second-order valence-corrected chi connectivity index (χ2v) is 7.59. The average molecular weight is 382 g/mol. The van der Waals surface area contributed by atoms with Crippen LogP contribution in [0.3, 0.4) is 0 Å². The van der Waals surface area contributed by atoms with Gasteiger partial charge in [0, 0.05) is 31.9 Å². The van der Waals surface area contributed by atoms with E-state index in [-0.39, 0.29) is 0 Å². The van der Waals surface area contributed by atoms with Crippen LogP contribution in [-0.2, 0) is 17.8 Å². The second kappa shape index (κ2) is 9.67. The van der Waals surface area contributed by atoms with Crippen LogP contribution in [0.4, 0.5) is 0 Å². The van der Waals surface area contributed by atoms with Gasteiger partial charge in [0.05, 0.1) is 10.9 Å². The Morgan fingerprint density at radius 1 is 1.07 bits per heavy atom. The van der Waals surface area contributed by atoms with Crippen molar-refractivity contribution in [2.45, 2.75) is 78.2 Å². The maximum Gasteiger partial charge on any atom is 0.226 e. The molecule has 3 rings (SSSR count). The normalized spacial score (nSPS) is 11.5. The van der Waals surface area contributed by atoms with E-state index in [4.69, 9.17) is 4.98 Å². The molecule has 0 radical (unpaired) electrons. The Bertz CT molecular complexity index is 946. The summed E-state index contributed by atoms with van der Waals surface area (Å²) in [6, 6.07) is 7.67. The number of aromatic nitrogens is 3. The summed E-state index contributed by atoms with van der Waals surface area (Å²) in [7, 11) is 0. The molecule has 150 valence electrons. The fourth-order valence-corrected chi connectivity index (χ4v) is 3.90. The number of fused-ring (bicyclic) bond motifs is 3. The van der Waals surface area contributed by atoms with Gasteiger partial charge in [-0.1, -0.05) is 45.2 Å². The Hall–Kier alpha value is -2.43. The Kier molecular flexibility index (Phi) is 7.01. The quantitative estimate of drug-likeness (QED) is 0.264. The highest BCUT2D eigenvalue weighted by molar-refractivity contribution is 6.00. The van der Waals surface area contributed by atoms with Gasteiger partial charge in [-0.2, -0.15) is 4.73 Å². The summed E-state index contributed by atoms with van der Waals surface area (Å²) in [5.74, 6) is 1.36. The number of imidazole rings is 1. The van der Waals surface area contributed by atoms with E-state index in [1.807, 2.05) is 24.3 Å².